The van der Waals surface area contributed by atoms with Crippen molar-refractivity contribution in [1.29, 1.82) is 0 Å². The average Bonchev–Trinajstić information content (AvgIpc) is 3.20. The lowest BCUT2D eigenvalue weighted by molar-refractivity contribution is 0.0763. The Labute approximate surface area is 158 Å². The maximum atomic E-state index is 13.1. The molecule has 1 saturated heterocycles. The third-order valence-corrected chi connectivity index (χ3v) is 5.32. The number of amides is 1. The number of carbonyl (C=O) groups is 1. The van der Waals surface area contributed by atoms with E-state index in [2.05, 4.69) is 15.2 Å². The number of nitrogens with zero attached hydrogens (tertiary/aromatic N) is 3. The van der Waals surface area contributed by atoms with Crippen LogP contribution in [-0.2, 0) is 6.42 Å². The highest BCUT2D eigenvalue weighted by atomic mass is 16.3. The zero-order valence-electron chi connectivity index (χ0n) is 15.9. The van der Waals surface area contributed by atoms with E-state index in [-0.39, 0.29) is 11.8 Å². The summed E-state index contributed by atoms with van der Waals surface area (Å²) in [6, 6.07) is 9.95. The zero-order chi connectivity index (χ0) is 19.1. The van der Waals surface area contributed by atoms with Crippen LogP contribution in [0.15, 0.2) is 30.3 Å². The van der Waals surface area contributed by atoms with E-state index in [0.29, 0.717) is 25.1 Å². The molecule has 1 aromatic carbocycles. The van der Waals surface area contributed by atoms with Crippen molar-refractivity contribution in [2.24, 2.45) is 5.92 Å². The molecule has 0 bridgehead atoms. The first kappa shape index (κ1) is 17.7. The van der Waals surface area contributed by atoms with Crippen molar-refractivity contribution in [2.45, 2.75) is 33.3 Å². The summed E-state index contributed by atoms with van der Waals surface area (Å²) in [5, 5.41) is 18.6. The summed E-state index contributed by atoms with van der Waals surface area (Å²) in [6.07, 6.45) is 0.116. The van der Waals surface area contributed by atoms with Crippen LogP contribution in [0.25, 0.3) is 10.9 Å². The molecule has 3 heterocycles. The molecule has 1 aliphatic heterocycles. The second-order valence-corrected chi connectivity index (χ2v) is 7.60. The molecule has 1 amide bonds. The summed E-state index contributed by atoms with van der Waals surface area (Å²) in [5.74, 6) is -0.0734. The number of aliphatic hydroxyl groups excluding tert-OH is 1. The van der Waals surface area contributed by atoms with Crippen molar-refractivity contribution in [3.05, 3.63) is 58.5 Å². The van der Waals surface area contributed by atoms with E-state index in [4.69, 9.17) is 0 Å². The van der Waals surface area contributed by atoms with Crippen LogP contribution < -0.4 is 0 Å². The molecule has 0 spiro atoms. The molecule has 0 radical (unpaired) electrons. The van der Waals surface area contributed by atoms with Gasteiger partial charge in [-0.1, -0.05) is 11.6 Å². The van der Waals surface area contributed by atoms with E-state index in [1.165, 1.54) is 0 Å². The van der Waals surface area contributed by atoms with E-state index >= 15 is 0 Å². The highest BCUT2D eigenvalue weighted by Gasteiger charge is 2.35. The van der Waals surface area contributed by atoms with Crippen LogP contribution in [0.3, 0.4) is 0 Å². The Balaban J connectivity index is 1.56. The topological polar surface area (TPSA) is 82.1 Å². The number of fused-ring (bicyclic) bond motifs is 1. The summed E-state index contributed by atoms with van der Waals surface area (Å²) in [4.78, 5) is 19.4. The van der Waals surface area contributed by atoms with Gasteiger partial charge in [-0.05, 0) is 51.5 Å². The van der Waals surface area contributed by atoms with Crippen LogP contribution in [0.5, 0.6) is 0 Å². The minimum absolute atomic E-state index is 0.00684. The zero-order valence-corrected chi connectivity index (χ0v) is 15.9. The first-order chi connectivity index (χ1) is 12.9. The fraction of sp³-hybridized carbons (Fsp3) is 0.381. The Morgan fingerprint density at radius 2 is 2.04 bits per heavy atom. The van der Waals surface area contributed by atoms with Gasteiger partial charge < -0.3 is 10.0 Å². The number of β-amino-alcohol motifs (C(OH)–C–C–N with tert-alkyl or cyclic N) is 1. The molecule has 1 aliphatic rings. The number of benzene rings is 1. The van der Waals surface area contributed by atoms with Gasteiger partial charge in [-0.2, -0.15) is 5.10 Å². The summed E-state index contributed by atoms with van der Waals surface area (Å²) in [5.41, 5.74) is 5.28. The molecule has 0 saturated carbocycles. The number of hydrogen-bond donors (Lipinski definition) is 2. The van der Waals surface area contributed by atoms with Crippen molar-refractivity contribution in [1.82, 2.24) is 20.1 Å². The van der Waals surface area contributed by atoms with Gasteiger partial charge >= 0.3 is 0 Å². The Morgan fingerprint density at radius 1 is 1.22 bits per heavy atom. The quantitative estimate of drug-likeness (QED) is 0.748. The van der Waals surface area contributed by atoms with Gasteiger partial charge in [-0.15, -0.1) is 0 Å². The molecule has 0 aliphatic carbocycles. The number of H-pyrrole nitrogens is 1. The van der Waals surface area contributed by atoms with Gasteiger partial charge in [0, 0.05) is 30.1 Å². The van der Waals surface area contributed by atoms with Gasteiger partial charge in [0.2, 0.25) is 0 Å². The molecule has 1 fully saturated rings. The largest absolute Gasteiger partial charge is 0.391 e. The third kappa shape index (κ3) is 3.45. The van der Waals surface area contributed by atoms with E-state index in [9.17, 15) is 9.90 Å². The van der Waals surface area contributed by atoms with Crippen LogP contribution >= 0.6 is 0 Å². The van der Waals surface area contributed by atoms with Gasteiger partial charge in [0.25, 0.3) is 5.91 Å². The number of pyridine rings is 1. The van der Waals surface area contributed by atoms with Crippen LogP contribution in [0.2, 0.25) is 0 Å². The molecule has 2 aromatic heterocycles. The van der Waals surface area contributed by atoms with E-state index in [1.807, 2.05) is 51.1 Å². The number of hydrogen-bond acceptors (Lipinski definition) is 4. The standard InChI is InChI=1S/C21H24N4O2/c1-12-4-5-19-15(6-12)9-18(14(3)22-19)21(27)25-10-16(20(26)11-25)8-17-7-13(2)23-24-17/h4-7,9,16,20,26H,8,10-11H2,1-3H3,(H,23,24)/t16-,20+/m1/s1. The first-order valence-corrected chi connectivity index (χ1v) is 9.27. The van der Waals surface area contributed by atoms with Crippen LogP contribution in [0.1, 0.15) is 33.0 Å². The summed E-state index contributed by atoms with van der Waals surface area (Å²) in [6.45, 7) is 6.71. The SMILES string of the molecule is Cc1ccc2nc(C)c(C(=O)N3C[C@@H](Cc4cc(C)[nH]n4)[C@@H](O)C3)cc2c1. The molecule has 6 heteroatoms. The van der Waals surface area contributed by atoms with Crippen molar-refractivity contribution >= 4 is 16.8 Å². The van der Waals surface area contributed by atoms with Crippen molar-refractivity contribution < 1.29 is 9.90 Å². The van der Waals surface area contributed by atoms with Gasteiger partial charge in [-0.25, -0.2) is 0 Å². The summed E-state index contributed by atoms with van der Waals surface area (Å²) in [7, 11) is 0. The number of rotatable bonds is 3. The maximum absolute atomic E-state index is 13.1. The van der Waals surface area contributed by atoms with Gasteiger partial charge in [0.1, 0.15) is 0 Å². The smallest absolute Gasteiger partial charge is 0.255 e. The molecular formula is C21H24N4O2. The van der Waals surface area contributed by atoms with Gasteiger partial charge in [0.15, 0.2) is 0 Å². The molecular weight excluding hydrogens is 340 g/mol. The molecule has 4 rings (SSSR count). The Hall–Kier alpha value is -2.73. The summed E-state index contributed by atoms with van der Waals surface area (Å²) < 4.78 is 0. The van der Waals surface area contributed by atoms with Gasteiger partial charge in [0.05, 0.1) is 28.6 Å². The Kier molecular flexibility index (Phi) is 4.44. The number of nitrogens with one attached hydrogen (secondary N) is 1. The lowest BCUT2D eigenvalue weighted by Gasteiger charge is -2.17. The van der Waals surface area contributed by atoms with Crippen LogP contribution in [-0.4, -0.2) is 50.3 Å². The molecule has 140 valence electrons. The lowest BCUT2D eigenvalue weighted by atomic mass is 10.00. The van der Waals surface area contributed by atoms with Crippen molar-refractivity contribution in [2.75, 3.05) is 13.1 Å². The molecule has 3 aromatic rings. The van der Waals surface area contributed by atoms with Crippen molar-refractivity contribution in [3.8, 4) is 0 Å². The van der Waals surface area contributed by atoms with Gasteiger partial charge in [-0.3, -0.25) is 14.9 Å². The predicted molar refractivity (Wildman–Crippen MR) is 104 cm³/mol. The number of likely N-dealkylation sites (tertiary alicyclic amines) is 1. The number of aliphatic hydroxyl groups is 1. The number of aromatic nitrogens is 3. The fourth-order valence-electron chi connectivity index (χ4n) is 3.85. The Morgan fingerprint density at radius 3 is 2.78 bits per heavy atom. The predicted octanol–water partition coefficient (Wildman–Crippen LogP) is 2.56. The normalized spacial score (nSPS) is 19.8. The monoisotopic (exact) mass is 364 g/mol. The molecule has 0 unspecified atom stereocenters. The second-order valence-electron chi connectivity index (χ2n) is 7.60. The number of carbonyl (C=O) groups excluding carboxylic acids is 1. The molecule has 6 nitrogen and oxygen atoms in total. The minimum Gasteiger partial charge on any atom is -0.391 e. The average molecular weight is 364 g/mol. The van der Waals surface area contributed by atoms with Crippen LogP contribution in [0, 0.1) is 26.7 Å². The first-order valence-electron chi connectivity index (χ1n) is 9.27. The van der Waals surface area contributed by atoms with E-state index in [0.717, 1.165) is 33.5 Å². The number of aryl methyl sites for hydroxylation is 3. The third-order valence-electron chi connectivity index (χ3n) is 5.32. The minimum atomic E-state index is -0.540. The highest BCUT2D eigenvalue weighted by Crippen LogP contribution is 2.25. The van der Waals surface area contributed by atoms with Crippen molar-refractivity contribution in [3.63, 3.8) is 0 Å². The molecule has 2 atom stereocenters. The van der Waals surface area contributed by atoms with Crippen LogP contribution in [0.4, 0.5) is 0 Å². The van der Waals surface area contributed by atoms with E-state index in [1.54, 1.807) is 4.90 Å². The summed E-state index contributed by atoms with van der Waals surface area (Å²) >= 11 is 0. The number of aromatic amines is 1. The highest BCUT2D eigenvalue weighted by molar-refractivity contribution is 5.98. The van der Waals surface area contributed by atoms with E-state index < -0.39 is 6.10 Å². The maximum Gasteiger partial charge on any atom is 0.255 e. The Bertz CT molecular complexity index is 1010. The lowest BCUT2D eigenvalue weighted by Crippen LogP contribution is -2.30. The molecule has 27 heavy (non-hydrogen) atoms. The molecule has 2 N–H and O–H groups in total. The fourth-order valence-corrected chi connectivity index (χ4v) is 3.85. The second kappa shape index (κ2) is 6.78.